The molecule has 0 aromatic heterocycles. The average Bonchev–Trinajstić information content (AvgIpc) is 3.04. The summed E-state index contributed by atoms with van der Waals surface area (Å²) in [6, 6.07) is 7.91. The molecule has 120 valence electrons. The molecule has 3 heteroatoms. The highest BCUT2D eigenvalue weighted by atomic mass is 35.5. The molecule has 0 radical (unpaired) electrons. The van der Waals surface area contributed by atoms with Crippen LogP contribution in [0.4, 0.5) is 0 Å². The molecule has 0 heterocycles. The zero-order chi connectivity index (χ0) is 15.8. The second-order valence-corrected chi connectivity index (χ2v) is 6.98. The highest BCUT2D eigenvalue weighted by Crippen LogP contribution is 2.50. The Bertz CT molecular complexity index is 697. The zero-order valence-electron chi connectivity index (χ0n) is 13.3. The van der Waals surface area contributed by atoms with E-state index in [1.807, 2.05) is 24.3 Å². The third-order valence-corrected chi connectivity index (χ3v) is 5.46. The summed E-state index contributed by atoms with van der Waals surface area (Å²) in [5.74, 6) is 1.71. The van der Waals surface area contributed by atoms with E-state index in [0.29, 0.717) is 12.5 Å². The van der Waals surface area contributed by atoms with Crippen LogP contribution in [0.15, 0.2) is 58.9 Å². The van der Waals surface area contributed by atoms with Gasteiger partial charge in [-0.2, -0.15) is 0 Å². The van der Waals surface area contributed by atoms with Gasteiger partial charge in [0.25, 0.3) is 0 Å². The van der Waals surface area contributed by atoms with Crippen molar-refractivity contribution in [3.05, 3.63) is 69.5 Å². The van der Waals surface area contributed by atoms with Crippen molar-refractivity contribution in [1.29, 1.82) is 0 Å². The van der Waals surface area contributed by atoms with Crippen LogP contribution in [0, 0.1) is 5.92 Å². The molecule has 3 aliphatic rings. The van der Waals surface area contributed by atoms with Crippen molar-refractivity contribution in [3.63, 3.8) is 0 Å². The number of hydrogen-bond acceptors (Lipinski definition) is 2. The van der Waals surface area contributed by atoms with Crippen molar-refractivity contribution in [2.75, 3.05) is 7.11 Å². The lowest BCUT2D eigenvalue weighted by molar-refractivity contribution is 0.0571. The molecular formula is C20H21ClO2. The summed E-state index contributed by atoms with van der Waals surface area (Å²) in [6.45, 7) is 0.635. The SMILES string of the molecule is COC1=CC=C2CC[C@H]3C[C@@H](OCc4ccc(Cl)cc4)C(=C23)C1. The van der Waals surface area contributed by atoms with Gasteiger partial charge >= 0.3 is 0 Å². The molecular weight excluding hydrogens is 308 g/mol. The van der Waals surface area contributed by atoms with Gasteiger partial charge in [-0.15, -0.1) is 0 Å². The van der Waals surface area contributed by atoms with Crippen molar-refractivity contribution in [2.24, 2.45) is 5.92 Å². The van der Waals surface area contributed by atoms with E-state index in [4.69, 9.17) is 21.1 Å². The van der Waals surface area contributed by atoms with E-state index in [0.717, 1.165) is 23.6 Å². The lowest BCUT2D eigenvalue weighted by Gasteiger charge is -2.18. The minimum absolute atomic E-state index is 0.214. The van der Waals surface area contributed by atoms with E-state index in [1.165, 1.54) is 29.6 Å². The van der Waals surface area contributed by atoms with Crippen molar-refractivity contribution < 1.29 is 9.47 Å². The summed E-state index contributed by atoms with van der Waals surface area (Å²) >= 11 is 5.95. The molecule has 0 amide bonds. The molecule has 1 aromatic rings. The first-order valence-electron chi connectivity index (χ1n) is 8.27. The first-order chi connectivity index (χ1) is 11.2. The maximum atomic E-state index is 6.29. The lowest BCUT2D eigenvalue weighted by Crippen LogP contribution is -2.14. The van der Waals surface area contributed by atoms with Gasteiger partial charge in [-0.25, -0.2) is 0 Å². The Morgan fingerprint density at radius 2 is 2.00 bits per heavy atom. The van der Waals surface area contributed by atoms with Crippen molar-refractivity contribution in [3.8, 4) is 0 Å². The van der Waals surface area contributed by atoms with Gasteiger partial charge in [-0.3, -0.25) is 0 Å². The molecule has 0 aliphatic heterocycles. The molecule has 1 fully saturated rings. The predicted molar refractivity (Wildman–Crippen MR) is 92.2 cm³/mol. The Hall–Kier alpha value is -1.51. The van der Waals surface area contributed by atoms with Gasteiger partial charge in [-0.05, 0) is 65.7 Å². The summed E-state index contributed by atoms with van der Waals surface area (Å²) < 4.78 is 11.8. The lowest BCUT2D eigenvalue weighted by atomic mass is 10.0. The number of rotatable bonds is 4. The standard InChI is InChI=1S/C20H21ClO2/c1-22-17-9-6-14-4-5-15-10-19(18(11-17)20(14)15)23-12-13-2-7-16(21)8-3-13/h2-3,6-9,15,19H,4-5,10-12H2,1H3/t15-,19+/m0/s1. The third kappa shape index (κ3) is 2.86. The molecule has 2 atom stereocenters. The van der Waals surface area contributed by atoms with Crippen LogP contribution in [0.2, 0.25) is 5.02 Å². The average molecular weight is 329 g/mol. The smallest absolute Gasteiger partial charge is 0.0997 e. The van der Waals surface area contributed by atoms with Crippen LogP contribution in [0.25, 0.3) is 0 Å². The van der Waals surface area contributed by atoms with Gasteiger partial charge in [0, 0.05) is 11.4 Å². The molecule has 2 nitrogen and oxygen atoms in total. The van der Waals surface area contributed by atoms with Crippen LogP contribution in [-0.2, 0) is 16.1 Å². The van der Waals surface area contributed by atoms with Crippen LogP contribution in [0.1, 0.15) is 31.2 Å². The van der Waals surface area contributed by atoms with Crippen LogP contribution in [-0.4, -0.2) is 13.2 Å². The van der Waals surface area contributed by atoms with Gasteiger partial charge in [0.1, 0.15) is 0 Å². The van der Waals surface area contributed by atoms with Gasteiger partial charge < -0.3 is 9.47 Å². The normalized spacial score (nSPS) is 25.8. The van der Waals surface area contributed by atoms with E-state index < -0.39 is 0 Å². The number of ether oxygens (including phenoxy) is 2. The van der Waals surface area contributed by atoms with E-state index in [9.17, 15) is 0 Å². The van der Waals surface area contributed by atoms with E-state index in [-0.39, 0.29) is 6.10 Å². The summed E-state index contributed by atoms with van der Waals surface area (Å²) in [5, 5.41) is 0.766. The summed E-state index contributed by atoms with van der Waals surface area (Å²) in [4.78, 5) is 0. The second kappa shape index (κ2) is 6.18. The maximum Gasteiger partial charge on any atom is 0.0997 e. The molecule has 0 unspecified atom stereocenters. The van der Waals surface area contributed by atoms with E-state index >= 15 is 0 Å². The molecule has 0 bridgehead atoms. The minimum atomic E-state index is 0.214. The molecule has 23 heavy (non-hydrogen) atoms. The topological polar surface area (TPSA) is 18.5 Å². The van der Waals surface area contributed by atoms with Crippen LogP contribution >= 0.6 is 11.6 Å². The number of allylic oxidation sites excluding steroid dienone is 5. The second-order valence-electron chi connectivity index (χ2n) is 6.54. The number of hydrogen-bond donors (Lipinski definition) is 0. The number of methoxy groups -OCH3 is 1. The van der Waals surface area contributed by atoms with Crippen molar-refractivity contribution in [2.45, 2.75) is 38.4 Å². The molecule has 1 aromatic carbocycles. The van der Waals surface area contributed by atoms with Crippen molar-refractivity contribution >= 4 is 11.6 Å². The van der Waals surface area contributed by atoms with Gasteiger partial charge in [0.05, 0.1) is 25.6 Å². The Kier molecular flexibility index (Phi) is 4.04. The number of halogens is 1. The summed E-state index contributed by atoms with van der Waals surface area (Å²) in [5.41, 5.74) is 5.67. The molecule has 3 aliphatic carbocycles. The molecule has 0 saturated heterocycles. The fourth-order valence-corrected chi connectivity index (χ4v) is 4.18. The molecule has 4 rings (SSSR count). The zero-order valence-corrected chi connectivity index (χ0v) is 14.1. The highest BCUT2D eigenvalue weighted by Gasteiger charge is 2.40. The first-order valence-corrected chi connectivity index (χ1v) is 8.65. The summed E-state index contributed by atoms with van der Waals surface area (Å²) in [7, 11) is 1.76. The largest absolute Gasteiger partial charge is 0.501 e. The fourth-order valence-electron chi connectivity index (χ4n) is 4.06. The maximum absolute atomic E-state index is 6.29. The van der Waals surface area contributed by atoms with Crippen LogP contribution < -0.4 is 0 Å². The number of benzene rings is 1. The monoisotopic (exact) mass is 328 g/mol. The fraction of sp³-hybridized carbons (Fsp3) is 0.400. The van der Waals surface area contributed by atoms with Gasteiger partial charge in [0.2, 0.25) is 0 Å². The quantitative estimate of drug-likeness (QED) is 0.756. The Labute approximate surface area is 142 Å². The Morgan fingerprint density at radius 1 is 1.17 bits per heavy atom. The molecule has 1 saturated carbocycles. The van der Waals surface area contributed by atoms with E-state index in [2.05, 4.69) is 12.2 Å². The van der Waals surface area contributed by atoms with Crippen LogP contribution in [0.5, 0.6) is 0 Å². The van der Waals surface area contributed by atoms with Crippen LogP contribution in [0.3, 0.4) is 0 Å². The van der Waals surface area contributed by atoms with Gasteiger partial charge in [-0.1, -0.05) is 29.8 Å². The third-order valence-electron chi connectivity index (χ3n) is 5.21. The minimum Gasteiger partial charge on any atom is -0.501 e. The van der Waals surface area contributed by atoms with Crippen molar-refractivity contribution in [1.82, 2.24) is 0 Å². The Balaban J connectivity index is 1.53. The molecule has 0 spiro atoms. The Morgan fingerprint density at radius 3 is 2.78 bits per heavy atom. The first kappa shape index (κ1) is 15.0. The summed E-state index contributed by atoms with van der Waals surface area (Å²) in [6.07, 6.45) is 9.06. The predicted octanol–water partition coefficient (Wildman–Crippen LogP) is 5.20. The molecule has 0 N–H and O–H groups in total. The highest BCUT2D eigenvalue weighted by molar-refractivity contribution is 6.30. The van der Waals surface area contributed by atoms with E-state index in [1.54, 1.807) is 12.7 Å². The van der Waals surface area contributed by atoms with Gasteiger partial charge in [0.15, 0.2) is 0 Å².